The summed E-state index contributed by atoms with van der Waals surface area (Å²) in [6.45, 7) is 6.49. The summed E-state index contributed by atoms with van der Waals surface area (Å²) in [7, 11) is 0. The van der Waals surface area contributed by atoms with Gasteiger partial charge in [-0.3, -0.25) is 0 Å². The van der Waals surface area contributed by atoms with Gasteiger partial charge in [-0.1, -0.05) is 38.1 Å². The molecule has 0 aliphatic heterocycles. The summed E-state index contributed by atoms with van der Waals surface area (Å²) >= 11 is 1.32. The minimum atomic E-state index is -0.349. The van der Waals surface area contributed by atoms with E-state index in [1.54, 1.807) is 6.92 Å². The molecule has 0 amide bonds. The third kappa shape index (κ3) is 3.20. The molecule has 19 heavy (non-hydrogen) atoms. The van der Waals surface area contributed by atoms with Crippen LogP contribution in [-0.2, 0) is 4.74 Å². The molecule has 1 heterocycles. The molecule has 0 N–H and O–H groups in total. The maximum Gasteiger partial charge on any atom is 0.367 e. The fraction of sp³-hybridized carbons (Fsp3) is 0.333. The highest BCUT2D eigenvalue weighted by Crippen LogP contribution is 2.24. The first-order valence-corrected chi connectivity index (χ1v) is 7.22. The Morgan fingerprint density at radius 1 is 1.32 bits per heavy atom. The molecule has 2 aromatic rings. The molecule has 1 aromatic carbocycles. The van der Waals surface area contributed by atoms with Gasteiger partial charge in [-0.2, -0.15) is 0 Å². The Hall–Kier alpha value is -1.68. The quantitative estimate of drug-likeness (QED) is 0.788. The van der Waals surface area contributed by atoms with Crippen LogP contribution in [0, 0.1) is 0 Å². The number of carbonyl (C=O) groups is 1. The Morgan fingerprint density at radius 3 is 2.58 bits per heavy atom. The Labute approximate surface area is 117 Å². The number of hydrogen-bond donors (Lipinski definition) is 0. The Kier molecular flexibility index (Phi) is 4.32. The molecule has 0 saturated carbocycles. The number of thiazole rings is 1. The predicted octanol–water partition coefficient (Wildman–Crippen LogP) is 4.11. The Bertz CT molecular complexity index is 558. The summed E-state index contributed by atoms with van der Waals surface area (Å²) < 4.78 is 4.94. The SMILES string of the molecule is CCOC(=O)c1nc(-c2ccc(C(C)C)cc2)cs1. The second-order valence-electron chi connectivity index (χ2n) is 4.54. The second-order valence-corrected chi connectivity index (χ2v) is 5.39. The van der Waals surface area contributed by atoms with E-state index in [2.05, 4.69) is 31.0 Å². The lowest BCUT2D eigenvalue weighted by atomic mass is 10.0. The normalized spacial score (nSPS) is 10.7. The van der Waals surface area contributed by atoms with E-state index in [4.69, 9.17) is 4.74 Å². The molecule has 0 radical (unpaired) electrons. The van der Waals surface area contributed by atoms with Gasteiger partial charge in [0.15, 0.2) is 0 Å². The van der Waals surface area contributed by atoms with Gasteiger partial charge in [0.2, 0.25) is 5.01 Å². The zero-order chi connectivity index (χ0) is 13.8. The first kappa shape index (κ1) is 13.7. The van der Waals surface area contributed by atoms with Gasteiger partial charge in [0.05, 0.1) is 12.3 Å². The summed E-state index contributed by atoms with van der Waals surface area (Å²) in [5.41, 5.74) is 3.14. The predicted molar refractivity (Wildman–Crippen MR) is 77.6 cm³/mol. The fourth-order valence-corrected chi connectivity index (χ4v) is 2.45. The smallest absolute Gasteiger partial charge is 0.367 e. The van der Waals surface area contributed by atoms with Crippen molar-refractivity contribution in [2.45, 2.75) is 26.7 Å². The monoisotopic (exact) mass is 275 g/mol. The van der Waals surface area contributed by atoms with Crippen molar-refractivity contribution in [2.24, 2.45) is 0 Å². The molecule has 4 heteroatoms. The van der Waals surface area contributed by atoms with E-state index < -0.39 is 0 Å². The maximum absolute atomic E-state index is 11.6. The molecule has 0 aliphatic carbocycles. The van der Waals surface area contributed by atoms with E-state index >= 15 is 0 Å². The number of ether oxygens (including phenoxy) is 1. The van der Waals surface area contributed by atoms with Gasteiger partial charge in [0.1, 0.15) is 0 Å². The van der Waals surface area contributed by atoms with Crippen molar-refractivity contribution >= 4 is 17.3 Å². The van der Waals surface area contributed by atoms with E-state index in [1.165, 1.54) is 16.9 Å². The van der Waals surface area contributed by atoms with E-state index in [-0.39, 0.29) is 5.97 Å². The maximum atomic E-state index is 11.6. The summed E-state index contributed by atoms with van der Waals surface area (Å²) in [6.07, 6.45) is 0. The van der Waals surface area contributed by atoms with Crippen molar-refractivity contribution in [1.29, 1.82) is 0 Å². The van der Waals surface area contributed by atoms with Crippen LogP contribution in [0.15, 0.2) is 29.6 Å². The van der Waals surface area contributed by atoms with Crippen LogP contribution >= 0.6 is 11.3 Å². The van der Waals surface area contributed by atoms with Gasteiger partial charge >= 0.3 is 5.97 Å². The van der Waals surface area contributed by atoms with Gasteiger partial charge in [0.25, 0.3) is 0 Å². The molecule has 3 nitrogen and oxygen atoms in total. The van der Waals surface area contributed by atoms with E-state index in [0.717, 1.165) is 11.3 Å². The van der Waals surface area contributed by atoms with Crippen LogP contribution in [0.5, 0.6) is 0 Å². The lowest BCUT2D eigenvalue weighted by Gasteiger charge is -2.05. The summed E-state index contributed by atoms with van der Waals surface area (Å²) in [5.74, 6) is 0.164. The van der Waals surface area contributed by atoms with Crippen molar-refractivity contribution in [1.82, 2.24) is 4.98 Å². The van der Waals surface area contributed by atoms with Gasteiger partial charge < -0.3 is 4.74 Å². The van der Waals surface area contributed by atoms with E-state index in [0.29, 0.717) is 17.5 Å². The van der Waals surface area contributed by atoms with Crippen LogP contribution in [0.25, 0.3) is 11.3 Å². The highest BCUT2D eigenvalue weighted by atomic mass is 32.1. The molecule has 0 fully saturated rings. The minimum absolute atomic E-state index is 0.349. The van der Waals surface area contributed by atoms with Gasteiger partial charge in [-0.25, -0.2) is 9.78 Å². The molecule has 1 aromatic heterocycles. The van der Waals surface area contributed by atoms with Gasteiger partial charge in [0, 0.05) is 10.9 Å². The number of rotatable bonds is 4. The second kappa shape index (κ2) is 5.97. The molecule has 0 bridgehead atoms. The summed E-state index contributed by atoms with van der Waals surface area (Å²) in [6, 6.07) is 8.28. The zero-order valence-electron chi connectivity index (χ0n) is 11.3. The summed E-state index contributed by atoms with van der Waals surface area (Å²) in [5, 5.41) is 2.29. The molecule has 2 rings (SSSR count). The van der Waals surface area contributed by atoms with Gasteiger partial charge in [-0.05, 0) is 18.4 Å². The van der Waals surface area contributed by atoms with Crippen LogP contribution < -0.4 is 0 Å². The third-order valence-corrected chi connectivity index (χ3v) is 3.65. The molecule has 0 spiro atoms. The van der Waals surface area contributed by atoms with Crippen LogP contribution in [-0.4, -0.2) is 17.6 Å². The Balaban J connectivity index is 2.20. The van der Waals surface area contributed by atoms with Crippen molar-refractivity contribution in [2.75, 3.05) is 6.61 Å². The lowest BCUT2D eigenvalue weighted by Crippen LogP contribution is -2.03. The van der Waals surface area contributed by atoms with Crippen LogP contribution in [0.2, 0.25) is 0 Å². The number of esters is 1. The highest BCUT2D eigenvalue weighted by Gasteiger charge is 2.12. The lowest BCUT2D eigenvalue weighted by molar-refractivity contribution is 0.0526. The van der Waals surface area contributed by atoms with E-state index in [9.17, 15) is 4.79 Å². The molecule has 0 saturated heterocycles. The molecular weight excluding hydrogens is 258 g/mol. The van der Waals surface area contributed by atoms with Crippen molar-refractivity contribution in [3.63, 3.8) is 0 Å². The van der Waals surface area contributed by atoms with Crippen LogP contribution in [0.1, 0.15) is 42.1 Å². The largest absolute Gasteiger partial charge is 0.461 e. The van der Waals surface area contributed by atoms with Crippen LogP contribution in [0.4, 0.5) is 0 Å². The highest BCUT2D eigenvalue weighted by molar-refractivity contribution is 7.11. The average Bonchev–Trinajstić information content (AvgIpc) is 2.89. The molecular formula is C15H17NO2S. The van der Waals surface area contributed by atoms with Crippen molar-refractivity contribution < 1.29 is 9.53 Å². The molecule has 0 unspecified atom stereocenters. The standard InChI is InChI=1S/C15H17NO2S/c1-4-18-15(17)14-16-13(9-19-14)12-7-5-11(6-8-12)10(2)3/h5-10H,4H2,1-3H3. The zero-order valence-corrected chi connectivity index (χ0v) is 12.2. The number of hydrogen-bond acceptors (Lipinski definition) is 4. The average molecular weight is 275 g/mol. The van der Waals surface area contributed by atoms with Crippen molar-refractivity contribution in [3.05, 3.63) is 40.2 Å². The first-order chi connectivity index (χ1) is 9.11. The molecule has 0 aliphatic rings. The number of aromatic nitrogens is 1. The van der Waals surface area contributed by atoms with Gasteiger partial charge in [-0.15, -0.1) is 11.3 Å². The van der Waals surface area contributed by atoms with Crippen LogP contribution in [0.3, 0.4) is 0 Å². The number of benzene rings is 1. The summed E-state index contributed by atoms with van der Waals surface area (Å²) in [4.78, 5) is 15.9. The molecule has 100 valence electrons. The van der Waals surface area contributed by atoms with Crippen molar-refractivity contribution in [3.8, 4) is 11.3 Å². The number of carbonyl (C=O) groups excluding carboxylic acids is 1. The van der Waals surface area contributed by atoms with E-state index in [1.807, 2.05) is 17.5 Å². The topological polar surface area (TPSA) is 39.2 Å². The third-order valence-electron chi connectivity index (χ3n) is 2.83. The first-order valence-electron chi connectivity index (χ1n) is 6.34. The molecule has 0 atom stereocenters. The minimum Gasteiger partial charge on any atom is -0.461 e. The fourth-order valence-electron chi connectivity index (χ4n) is 1.73. The Morgan fingerprint density at radius 2 is 2.00 bits per heavy atom. The number of nitrogens with zero attached hydrogens (tertiary/aromatic N) is 1.